The van der Waals surface area contributed by atoms with Gasteiger partial charge in [-0.25, -0.2) is 4.79 Å². The number of ketones is 1. The highest BCUT2D eigenvalue weighted by atomic mass is 19.4. The number of halogens is 3. The maximum Gasteiger partial charge on any atom is 0.416 e. The van der Waals surface area contributed by atoms with E-state index in [-0.39, 0.29) is 17.7 Å². The van der Waals surface area contributed by atoms with Gasteiger partial charge in [-0.05, 0) is 61.7 Å². The number of rotatable bonds is 5. The van der Waals surface area contributed by atoms with Crippen molar-refractivity contribution in [2.45, 2.75) is 32.0 Å². The van der Waals surface area contributed by atoms with Crippen LogP contribution in [0.5, 0.6) is 5.75 Å². The minimum atomic E-state index is -4.39. The molecule has 2 aromatic carbocycles. The summed E-state index contributed by atoms with van der Waals surface area (Å²) < 4.78 is 43.2. The van der Waals surface area contributed by atoms with E-state index in [1.807, 2.05) is 0 Å². The molecule has 8 heteroatoms. The number of piperidine rings is 1. The van der Waals surface area contributed by atoms with Crippen LogP contribution in [0.25, 0.3) is 0 Å². The van der Waals surface area contributed by atoms with Gasteiger partial charge in [0.1, 0.15) is 5.75 Å². The van der Waals surface area contributed by atoms with E-state index >= 15 is 0 Å². The van der Waals surface area contributed by atoms with E-state index in [0.29, 0.717) is 42.8 Å². The van der Waals surface area contributed by atoms with Crippen LogP contribution in [0.4, 0.5) is 18.0 Å². The summed E-state index contributed by atoms with van der Waals surface area (Å²) in [5, 5.41) is 2.82. The second-order valence-electron chi connectivity index (χ2n) is 7.65. The highest BCUT2D eigenvalue weighted by Crippen LogP contribution is 2.30. The summed E-state index contributed by atoms with van der Waals surface area (Å²) in [5.74, 6) is 0.593. The molecule has 1 heterocycles. The van der Waals surface area contributed by atoms with Crippen LogP contribution in [0.15, 0.2) is 48.5 Å². The number of nitrogens with zero attached hydrogens (tertiary/aromatic N) is 1. The van der Waals surface area contributed by atoms with Gasteiger partial charge >= 0.3 is 12.2 Å². The molecule has 1 atom stereocenters. The predicted octanol–water partition coefficient (Wildman–Crippen LogP) is 5.08. The van der Waals surface area contributed by atoms with Gasteiger partial charge in [-0.1, -0.05) is 12.1 Å². The molecule has 0 saturated carbocycles. The SMILES string of the molecule is COc1ccc(C(=O)C2CCN(C(=O)NC(C)c3ccc(C(F)(F)F)cc3)CC2)cc1. The number of urea groups is 1. The lowest BCUT2D eigenvalue weighted by Crippen LogP contribution is -2.46. The lowest BCUT2D eigenvalue weighted by atomic mass is 9.89. The molecule has 5 nitrogen and oxygen atoms in total. The molecule has 166 valence electrons. The molecule has 1 fully saturated rings. The van der Waals surface area contributed by atoms with Gasteiger partial charge in [0.15, 0.2) is 5.78 Å². The van der Waals surface area contributed by atoms with E-state index in [1.54, 1.807) is 43.2 Å². The Kier molecular flexibility index (Phi) is 6.87. The summed E-state index contributed by atoms with van der Waals surface area (Å²) in [6.45, 7) is 2.61. The summed E-state index contributed by atoms with van der Waals surface area (Å²) >= 11 is 0. The fourth-order valence-electron chi connectivity index (χ4n) is 3.66. The third-order valence-corrected chi connectivity index (χ3v) is 5.61. The number of ether oxygens (including phenoxy) is 1. The number of hydrogen-bond donors (Lipinski definition) is 1. The van der Waals surface area contributed by atoms with Crippen LogP contribution in [0, 0.1) is 5.92 Å². The molecular formula is C23H25F3N2O3. The Morgan fingerprint density at radius 3 is 2.13 bits per heavy atom. The van der Waals surface area contributed by atoms with Gasteiger partial charge in [-0.15, -0.1) is 0 Å². The lowest BCUT2D eigenvalue weighted by Gasteiger charge is -2.32. The van der Waals surface area contributed by atoms with Crippen molar-refractivity contribution in [3.63, 3.8) is 0 Å². The zero-order valence-corrected chi connectivity index (χ0v) is 17.4. The average molecular weight is 434 g/mol. The molecule has 1 saturated heterocycles. The number of nitrogens with one attached hydrogen (secondary N) is 1. The Morgan fingerprint density at radius 2 is 1.61 bits per heavy atom. The van der Waals surface area contributed by atoms with Crippen LogP contribution >= 0.6 is 0 Å². The number of hydrogen-bond acceptors (Lipinski definition) is 3. The first-order valence-electron chi connectivity index (χ1n) is 10.1. The third kappa shape index (κ3) is 5.57. The number of carbonyl (C=O) groups excluding carboxylic acids is 2. The van der Waals surface area contributed by atoms with Gasteiger partial charge in [-0.2, -0.15) is 13.2 Å². The van der Waals surface area contributed by atoms with E-state index in [4.69, 9.17) is 4.74 Å². The predicted molar refractivity (Wildman–Crippen MR) is 110 cm³/mol. The fraction of sp³-hybridized carbons (Fsp3) is 0.391. The van der Waals surface area contributed by atoms with Gasteiger partial charge in [-0.3, -0.25) is 4.79 Å². The summed E-state index contributed by atoms with van der Waals surface area (Å²) in [6.07, 6.45) is -3.27. The van der Waals surface area contributed by atoms with E-state index in [9.17, 15) is 22.8 Å². The number of benzene rings is 2. The van der Waals surface area contributed by atoms with Gasteiger partial charge in [0, 0.05) is 24.6 Å². The normalized spacial score (nSPS) is 16.0. The first-order valence-corrected chi connectivity index (χ1v) is 10.1. The highest BCUT2D eigenvalue weighted by molar-refractivity contribution is 5.98. The zero-order chi connectivity index (χ0) is 22.6. The lowest BCUT2D eigenvalue weighted by molar-refractivity contribution is -0.137. The zero-order valence-electron chi connectivity index (χ0n) is 17.4. The molecule has 0 bridgehead atoms. The van der Waals surface area contributed by atoms with Crippen molar-refractivity contribution in [1.82, 2.24) is 10.2 Å². The first kappa shape index (κ1) is 22.7. The van der Waals surface area contributed by atoms with Crippen LogP contribution in [0.2, 0.25) is 0 Å². The maximum absolute atomic E-state index is 12.7. The Hall–Kier alpha value is -3.03. The number of amides is 2. The summed E-state index contributed by atoms with van der Waals surface area (Å²) in [5.41, 5.74) is 0.490. The van der Waals surface area contributed by atoms with Crippen molar-refractivity contribution < 1.29 is 27.5 Å². The van der Waals surface area contributed by atoms with Crippen LogP contribution < -0.4 is 10.1 Å². The number of likely N-dealkylation sites (tertiary alicyclic amines) is 1. The van der Waals surface area contributed by atoms with Crippen LogP contribution in [0.1, 0.15) is 47.3 Å². The standard InChI is InChI=1S/C23H25F3N2O3/c1-15(16-3-7-19(8-4-16)23(24,25)26)27-22(30)28-13-11-18(12-14-28)21(29)17-5-9-20(31-2)10-6-17/h3-10,15,18H,11-14H2,1-2H3,(H,27,30). The molecule has 3 rings (SSSR count). The van der Waals surface area contributed by atoms with Gasteiger partial charge in [0.25, 0.3) is 0 Å². The number of alkyl halides is 3. The summed E-state index contributed by atoms with van der Waals surface area (Å²) in [7, 11) is 1.57. The largest absolute Gasteiger partial charge is 0.497 e. The molecule has 1 aliphatic heterocycles. The maximum atomic E-state index is 12.7. The van der Waals surface area contributed by atoms with E-state index in [0.717, 1.165) is 12.1 Å². The number of Topliss-reactive ketones (excluding diaryl/α,β-unsaturated/α-hetero) is 1. The molecule has 31 heavy (non-hydrogen) atoms. The van der Waals surface area contributed by atoms with Crippen molar-refractivity contribution in [2.75, 3.05) is 20.2 Å². The van der Waals surface area contributed by atoms with Crippen LogP contribution in [0.3, 0.4) is 0 Å². The van der Waals surface area contributed by atoms with Gasteiger partial charge in [0.2, 0.25) is 0 Å². The molecule has 1 unspecified atom stereocenters. The fourth-order valence-corrected chi connectivity index (χ4v) is 3.66. The Bertz CT molecular complexity index is 903. The highest BCUT2D eigenvalue weighted by Gasteiger charge is 2.31. The second-order valence-corrected chi connectivity index (χ2v) is 7.65. The van der Waals surface area contributed by atoms with Crippen LogP contribution in [-0.4, -0.2) is 36.9 Å². The Labute approximate surface area is 179 Å². The number of carbonyl (C=O) groups is 2. The van der Waals surface area contributed by atoms with E-state index < -0.39 is 17.8 Å². The molecule has 0 aliphatic carbocycles. The molecule has 0 spiro atoms. The van der Waals surface area contributed by atoms with Crippen molar-refractivity contribution in [2.24, 2.45) is 5.92 Å². The van der Waals surface area contributed by atoms with E-state index in [1.165, 1.54) is 12.1 Å². The average Bonchev–Trinajstić information content (AvgIpc) is 2.78. The molecule has 1 N–H and O–H groups in total. The monoisotopic (exact) mass is 434 g/mol. The first-order chi connectivity index (χ1) is 14.7. The van der Waals surface area contributed by atoms with Gasteiger partial charge in [0.05, 0.1) is 18.7 Å². The number of methoxy groups -OCH3 is 1. The smallest absolute Gasteiger partial charge is 0.416 e. The van der Waals surface area contributed by atoms with Crippen molar-refractivity contribution in [3.05, 3.63) is 65.2 Å². The molecule has 0 radical (unpaired) electrons. The minimum Gasteiger partial charge on any atom is -0.497 e. The molecule has 1 aliphatic rings. The quantitative estimate of drug-likeness (QED) is 0.668. The van der Waals surface area contributed by atoms with Gasteiger partial charge < -0.3 is 15.0 Å². The third-order valence-electron chi connectivity index (χ3n) is 5.61. The van der Waals surface area contributed by atoms with Crippen molar-refractivity contribution >= 4 is 11.8 Å². The van der Waals surface area contributed by atoms with Crippen LogP contribution in [-0.2, 0) is 6.18 Å². The molecule has 0 aromatic heterocycles. The molecule has 2 amide bonds. The molecule has 2 aromatic rings. The summed E-state index contributed by atoms with van der Waals surface area (Å²) in [4.78, 5) is 26.9. The van der Waals surface area contributed by atoms with E-state index in [2.05, 4.69) is 5.32 Å². The summed E-state index contributed by atoms with van der Waals surface area (Å²) in [6, 6.07) is 11.0. The Balaban J connectivity index is 1.52. The Morgan fingerprint density at radius 1 is 1.03 bits per heavy atom. The topological polar surface area (TPSA) is 58.6 Å². The second kappa shape index (κ2) is 9.41. The van der Waals surface area contributed by atoms with Crippen molar-refractivity contribution in [1.29, 1.82) is 0 Å². The minimum absolute atomic E-state index is 0.0563. The molecular weight excluding hydrogens is 409 g/mol. The van der Waals surface area contributed by atoms with Crippen molar-refractivity contribution in [3.8, 4) is 5.75 Å².